The molecule has 0 saturated carbocycles. The topological polar surface area (TPSA) is 233 Å². The van der Waals surface area contributed by atoms with Gasteiger partial charge in [-0.25, -0.2) is 4.79 Å². The van der Waals surface area contributed by atoms with E-state index in [-0.39, 0.29) is 35.4 Å². The second-order valence-corrected chi connectivity index (χ2v) is 16.5. The second-order valence-electron chi connectivity index (χ2n) is 11.4. The molecule has 57 heavy (non-hydrogen) atoms. The van der Waals surface area contributed by atoms with E-state index in [0.29, 0.717) is 30.0 Å². The Balaban J connectivity index is 0.000000368. The number of anilines is 2. The normalized spacial score (nSPS) is 11.5. The summed E-state index contributed by atoms with van der Waals surface area (Å²) in [4.78, 5) is 27.6. The molecule has 1 aromatic heterocycles. The summed E-state index contributed by atoms with van der Waals surface area (Å²) in [7, 11) is -9.33. The van der Waals surface area contributed by atoms with Crippen LogP contribution in [0.25, 0.3) is 0 Å². The lowest BCUT2D eigenvalue weighted by Gasteiger charge is -2.12. The van der Waals surface area contributed by atoms with Gasteiger partial charge >= 0.3 is 12.2 Å². The SMILES string of the molecule is CNC(=O)c1cc(Oc2ccc(NC(=O)Nc3ccc(Cl)c(C(F)(F)F)c3)cc2)ccn1.CS(=O)(=O)OCCCCOS(C)(=O)=O.Cc1ccc(S(=O)(=O)O)cc1. The van der Waals surface area contributed by atoms with Gasteiger partial charge in [0, 0.05) is 30.7 Å². The molecule has 4 rings (SSSR count). The molecule has 0 aliphatic carbocycles. The van der Waals surface area contributed by atoms with Crippen LogP contribution in [0.4, 0.5) is 29.3 Å². The second kappa shape index (κ2) is 21.6. The molecule has 4 aromatic rings. The highest BCUT2D eigenvalue weighted by atomic mass is 35.5. The van der Waals surface area contributed by atoms with Gasteiger partial charge in [0.15, 0.2) is 0 Å². The lowest BCUT2D eigenvalue weighted by Crippen LogP contribution is -2.19. The number of aromatic nitrogens is 1. The lowest BCUT2D eigenvalue weighted by atomic mass is 10.2. The van der Waals surface area contributed by atoms with E-state index in [2.05, 4.69) is 29.3 Å². The number of benzene rings is 3. The Morgan fingerprint density at radius 3 is 1.79 bits per heavy atom. The van der Waals surface area contributed by atoms with Gasteiger partial charge in [-0.3, -0.25) is 22.7 Å². The van der Waals surface area contributed by atoms with Crippen LogP contribution >= 0.6 is 11.6 Å². The van der Waals surface area contributed by atoms with Crippen LogP contribution in [-0.2, 0) is 44.9 Å². The number of halogens is 4. The predicted octanol–water partition coefficient (Wildman–Crippen LogP) is 6.51. The van der Waals surface area contributed by atoms with E-state index in [1.807, 2.05) is 6.92 Å². The highest BCUT2D eigenvalue weighted by Gasteiger charge is 2.33. The fraction of sp³-hybridized carbons (Fsp3) is 0.265. The first-order chi connectivity index (χ1) is 26.4. The molecule has 1 heterocycles. The molecule has 0 atom stereocenters. The molecule has 0 saturated heterocycles. The van der Waals surface area contributed by atoms with Crippen molar-refractivity contribution in [1.82, 2.24) is 10.3 Å². The molecule has 23 heteroatoms. The van der Waals surface area contributed by atoms with Gasteiger partial charge in [-0.2, -0.15) is 38.4 Å². The average molecular weight is 883 g/mol. The molecule has 0 fully saturated rings. The molecule has 0 unspecified atom stereocenters. The van der Waals surface area contributed by atoms with Gasteiger partial charge in [0.25, 0.3) is 36.3 Å². The maximum atomic E-state index is 12.9. The smallest absolute Gasteiger partial charge is 0.417 e. The number of alkyl halides is 3. The molecule has 0 bridgehead atoms. The van der Waals surface area contributed by atoms with E-state index in [4.69, 9.17) is 20.9 Å². The number of amides is 3. The third-order valence-corrected chi connectivity index (χ3v) is 8.91. The van der Waals surface area contributed by atoms with Crippen LogP contribution < -0.4 is 20.7 Å². The van der Waals surface area contributed by atoms with E-state index in [1.165, 1.54) is 37.5 Å². The number of nitrogens with zero attached hydrogens (tertiary/aromatic N) is 1. The van der Waals surface area contributed by atoms with Gasteiger partial charge in [-0.05, 0) is 80.4 Å². The third-order valence-electron chi connectivity index (χ3n) is 6.52. The van der Waals surface area contributed by atoms with Gasteiger partial charge in [0.05, 0.1) is 41.2 Å². The largest absolute Gasteiger partial charge is 0.457 e. The van der Waals surface area contributed by atoms with Crippen LogP contribution in [0.5, 0.6) is 11.5 Å². The van der Waals surface area contributed by atoms with Crippen molar-refractivity contribution < 1.29 is 65.7 Å². The average Bonchev–Trinajstić information content (AvgIpc) is 3.10. The summed E-state index contributed by atoms with van der Waals surface area (Å²) in [6.07, 6.45) is -0.427. The summed E-state index contributed by atoms with van der Waals surface area (Å²) in [6, 6.07) is 17.6. The molecule has 0 aliphatic heterocycles. The van der Waals surface area contributed by atoms with Gasteiger partial charge in [0.2, 0.25) is 0 Å². The monoisotopic (exact) mass is 882 g/mol. The van der Waals surface area contributed by atoms with Gasteiger partial charge < -0.3 is 20.7 Å². The van der Waals surface area contributed by atoms with E-state index in [9.17, 15) is 48.0 Å². The fourth-order valence-electron chi connectivity index (χ4n) is 3.92. The number of pyridine rings is 1. The first kappa shape index (κ1) is 48.3. The maximum absolute atomic E-state index is 12.9. The number of carbonyl (C=O) groups excluding carboxylic acids is 2. The maximum Gasteiger partial charge on any atom is 0.417 e. The van der Waals surface area contributed by atoms with Gasteiger partial charge in [-0.15, -0.1) is 0 Å². The molecular weight excluding hydrogens is 845 g/mol. The van der Waals surface area contributed by atoms with E-state index in [0.717, 1.165) is 30.2 Å². The van der Waals surface area contributed by atoms with Crippen molar-refractivity contribution in [3.63, 3.8) is 0 Å². The van der Waals surface area contributed by atoms with Crippen molar-refractivity contribution in [2.75, 3.05) is 43.4 Å². The molecule has 0 aliphatic rings. The fourth-order valence-corrected chi connectivity index (χ4v) is 5.46. The lowest BCUT2D eigenvalue weighted by molar-refractivity contribution is -0.137. The molecule has 16 nitrogen and oxygen atoms in total. The van der Waals surface area contributed by atoms with Crippen LogP contribution in [0.1, 0.15) is 34.5 Å². The number of hydrogen-bond acceptors (Lipinski definition) is 12. The number of ether oxygens (including phenoxy) is 1. The Kier molecular flexibility index (Phi) is 18.3. The molecule has 0 spiro atoms. The van der Waals surface area contributed by atoms with Crippen molar-refractivity contribution in [2.24, 2.45) is 0 Å². The predicted molar refractivity (Wildman–Crippen MR) is 205 cm³/mol. The summed E-state index contributed by atoms with van der Waals surface area (Å²) in [5, 5.41) is 6.83. The van der Waals surface area contributed by atoms with Gasteiger partial charge in [0.1, 0.15) is 17.2 Å². The minimum atomic E-state index is -4.64. The summed E-state index contributed by atoms with van der Waals surface area (Å²) < 4.78 is 125. The van der Waals surface area contributed by atoms with Crippen LogP contribution in [0.3, 0.4) is 0 Å². The summed E-state index contributed by atoms with van der Waals surface area (Å²) in [6.45, 7) is 1.94. The van der Waals surface area contributed by atoms with Crippen molar-refractivity contribution in [3.8, 4) is 11.5 Å². The summed E-state index contributed by atoms with van der Waals surface area (Å²) in [5.41, 5.74) is 0.409. The summed E-state index contributed by atoms with van der Waals surface area (Å²) in [5.74, 6) is 0.460. The van der Waals surface area contributed by atoms with Crippen molar-refractivity contribution in [2.45, 2.75) is 30.8 Å². The minimum absolute atomic E-state index is 0.0476. The number of aryl methyl sites for hydroxylation is 1. The Morgan fingerprint density at radius 1 is 0.772 bits per heavy atom. The van der Waals surface area contributed by atoms with Crippen molar-refractivity contribution in [3.05, 3.63) is 107 Å². The zero-order valence-corrected chi connectivity index (χ0v) is 33.7. The molecule has 0 radical (unpaired) electrons. The zero-order valence-electron chi connectivity index (χ0n) is 30.5. The Labute approximate surface area is 332 Å². The Hall–Kier alpha value is -4.84. The van der Waals surface area contributed by atoms with E-state index >= 15 is 0 Å². The number of hydrogen-bond donors (Lipinski definition) is 4. The number of rotatable bonds is 13. The van der Waals surface area contributed by atoms with Crippen LogP contribution in [0, 0.1) is 6.92 Å². The zero-order chi connectivity index (χ0) is 43.0. The van der Waals surface area contributed by atoms with E-state index in [1.54, 1.807) is 42.5 Å². The Morgan fingerprint density at radius 2 is 1.30 bits per heavy atom. The highest BCUT2D eigenvalue weighted by Crippen LogP contribution is 2.36. The van der Waals surface area contributed by atoms with Crippen molar-refractivity contribution in [1.29, 1.82) is 0 Å². The van der Waals surface area contributed by atoms with E-state index < -0.39 is 53.1 Å². The number of urea groups is 1. The molecular formula is C34H38ClF3N4O12S3. The number of nitrogens with one attached hydrogen (secondary N) is 3. The quantitative estimate of drug-likeness (QED) is 0.0638. The molecule has 3 aromatic carbocycles. The van der Waals surface area contributed by atoms with Gasteiger partial charge in [-0.1, -0.05) is 29.3 Å². The third kappa shape index (κ3) is 19.7. The number of unbranched alkanes of at least 4 members (excludes halogenated alkanes) is 1. The molecule has 312 valence electrons. The minimum Gasteiger partial charge on any atom is -0.457 e. The van der Waals surface area contributed by atoms with Crippen LogP contribution in [0.2, 0.25) is 5.02 Å². The highest BCUT2D eigenvalue weighted by molar-refractivity contribution is 7.86. The molecule has 3 amide bonds. The first-order valence-electron chi connectivity index (χ1n) is 16.0. The standard InChI is InChI=1S/C21H16ClF3N4O3.C7H8O3S.C6H14O6S2/c1-26-19(30)18-11-15(8-9-27-18)32-14-5-2-12(3-6-14)28-20(31)29-13-4-7-17(22)16(10-13)21(23,24)25;1-6-2-4-7(5-3-6)11(8,9)10;1-13(7,8)11-5-3-4-6-12-14(2,9)10/h2-11H,1H3,(H,26,30)(H2,28,29,31);2-5H,1H3,(H,8,9,10);3-6H2,1-2H3. The summed E-state index contributed by atoms with van der Waals surface area (Å²) >= 11 is 5.57. The number of carbonyl (C=O) groups is 2. The first-order valence-corrected chi connectivity index (χ1v) is 21.4. The Bertz CT molecular complexity index is 2260. The van der Waals surface area contributed by atoms with Crippen LogP contribution in [-0.4, -0.2) is 79.5 Å². The molecule has 4 N–H and O–H groups in total. The van der Waals surface area contributed by atoms with Crippen molar-refractivity contribution >= 4 is 65.3 Å². The van der Waals surface area contributed by atoms with Crippen LogP contribution in [0.15, 0.2) is 90.0 Å².